The summed E-state index contributed by atoms with van der Waals surface area (Å²) in [7, 11) is 0. The van der Waals surface area contributed by atoms with Crippen LogP contribution in [0.4, 0.5) is 0 Å². The second-order valence-electron chi connectivity index (χ2n) is 5.04. The highest BCUT2D eigenvalue weighted by Gasteiger charge is 2.23. The highest BCUT2D eigenvalue weighted by Crippen LogP contribution is 2.28. The summed E-state index contributed by atoms with van der Waals surface area (Å²) in [6.07, 6.45) is 5.19. The van der Waals surface area contributed by atoms with Gasteiger partial charge >= 0.3 is 0 Å². The van der Waals surface area contributed by atoms with Crippen molar-refractivity contribution in [2.24, 2.45) is 17.8 Å². The zero-order chi connectivity index (χ0) is 10.4. The molecule has 2 nitrogen and oxygen atoms in total. The summed E-state index contributed by atoms with van der Waals surface area (Å²) < 4.78 is 0. The van der Waals surface area contributed by atoms with E-state index in [9.17, 15) is 5.11 Å². The second kappa shape index (κ2) is 6.41. The molecule has 0 aromatic carbocycles. The minimum atomic E-state index is 0.383. The average Bonchev–Trinajstić information content (AvgIpc) is 2.18. The van der Waals surface area contributed by atoms with Gasteiger partial charge < -0.3 is 10.4 Å². The van der Waals surface area contributed by atoms with Crippen molar-refractivity contribution in [1.29, 1.82) is 0 Å². The molecule has 0 heterocycles. The fraction of sp³-hybridized carbons (Fsp3) is 1.00. The van der Waals surface area contributed by atoms with Crippen LogP contribution < -0.4 is 5.32 Å². The Morgan fingerprint density at radius 1 is 1.21 bits per heavy atom. The number of aliphatic hydroxyl groups is 1. The molecule has 1 rings (SSSR count). The molecule has 14 heavy (non-hydrogen) atoms. The predicted octanol–water partition coefficient (Wildman–Crippen LogP) is 2.03. The summed E-state index contributed by atoms with van der Waals surface area (Å²) in [5, 5.41) is 12.7. The minimum absolute atomic E-state index is 0.383. The third kappa shape index (κ3) is 3.97. The van der Waals surface area contributed by atoms with E-state index in [-0.39, 0.29) is 0 Å². The van der Waals surface area contributed by atoms with Gasteiger partial charge in [-0.25, -0.2) is 0 Å². The lowest BCUT2D eigenvalue weighted by molar-refractivity contribution is 0.132. The van der Waals surface area contributed by atoms with Gasteiger partial charge in [-0.1, -0.05) is 26.7 Å². The third-order valence-corrected chi connectivity index (χ3v) is 3.26. The quantitative estimate of drug-likeness (QED) is 0.710. The van der Waals surface area contributed by atoms with Crippen LogP contribution in [0.1, 0.15) is 39.5 Å². The predicted molar refractivity (Wildman–Crippen MR) is 60.2 cm³/mol. The molecule has 84 valence electrons. The molecule has 2 N–H and O–H groups in total. The van der Waals surface area contributed by atoms with Crippen molar-refractivity contribution in [3.05, 3.63) is 0 Å². The van der Waals surface area contributed by atoms with Crippen molar-refractivity contribution >= 4 is 0 Å². The van der Waals surface area contributed by atoms with Gasteiger partial charge in [0.15, 0.2) is 0 Å². The molecule has 0 saturated heterocycles. The minimum Gasteiger partial charge on any atom is -0.396 e. The van der Waals surface area contributed by atoms with Crippen molar-refractivity contribution in [2.45, 2.75) is 39.5 Å². The molecule has 0 aromatic heterocycles. The molecule has 2 heteroatoms. The molecule has 2 atom stereocenters. The van der Waals surface area contributed by atoms with Crippen molar-refractivity contribution in [3.8, 4) is 0 Å². The Morgan fingerprint density at radius 2 is 1.86 bits per heavy atom. The maximum Gasteiger partial charge on any atom is 0.0462 e. The van der Waals surface area contributed by atoms with E-state index in [0.717, 1.165) is 19.0 Å². The first-order valence-electron chi connectivity index (χ1n) is 6.05. The van der Waals surface area contributed by atoms with Crippen molar-refractivity contribution in [1.82, 2.24) is 5.32 Å². The standard InChI is InChI=1S/C12H25NO/c1-10(2)7-13-8-11-5-3-4-6-12(11)9-14/h10-14H,3-9H2,1-2H3. The average molecular weight is 199 g/mol. The molecule has 0 radical (unpaired) electrons. The van der Waals surface area contributed by atoms with E-state index in [1.54, 1.807) is 0 Å². The van der Waals surface area contributed by atoms with Gasteiger partial charge in [0.25, 0.3) is 0 Å². The first-order valence-corrected chi connectivity index (χ1v) is 6.05. The van der Waals surface area contributed by atoms with E-state index in [1.165, 1.54) is 25.7 Å². The van der Waals surface area contributed by atoms with Crippen LogP contribution in [0.2, 0.25) is 0 Å². The summed E-state index contributed by atoms with van der Waals surface area (Å²) in [5.41, 5.74) is 0. The van der Waals surface area contributed by atoms with Gasteiger partial charge in [-0.3, -0.25) is 0 Å². The largest absolute Gasteiger partial charge is 0.396 e. The lowest BCUT2D eigenvalue weighted by Gasteiger charge is -2.30. The number of nitrogens with one attached hydrogen (secondary N) is 1. The van der Waals surface area contributed by atoms with Crippen LogP contribution >= 0.6 is 0 Å². The first kappa shape index (κ1) is 12.0. The number of rotatable bonds is 5. The van der Waals surface area contributed by atoms with E-state index in [2.05, 4.69) is 19.2 Å². The number of hydrogen-bond acceptors (Lipinski definition) is 2. The molecule has 2 unspecified atom stereocenters. The molecular weight excluding hydrogens is 174 g/mol. The summed E-state index contributed by atoms with van der Waals surface area (Å²) in [6.45, 7) is 7.06. The van der Waals surface area contributed by atoms with Crippen molar-refractivity contribution in [3.63, 3.8) is 0 Å². The molecule has 0 amide bonds. The highest BCUT2D eigenvalue weighted by molar-refractivity contribution is 4.76. The van der Waals surface area contributed by atoms with Gasteiger partial charge in [0.05, 0.1) is 0 Å². The zero-order valence-corrected chi connectivity index (χ0v) is 9.63. The fourth-order valence-electron chi connectivity index (χ4n) is 2.35. The van der Waals surface area contributed by atoms with Crippen molar-refractivity contribution in [2.75, 3.05) is 19.7 Å². The van der Waals surface area contributed by atoms with Gasteiger partial charge in [0.1, 0.15) is 0 Å². The van der Waals surface area contributed by atoms with Crippen LogP contribution in [0, 0.1) is 17.8 Å². The topological polar surface area (TPSA) is 32.3 Å². The Morgan fingerprint density at radius 3 is 2.43 bits per heavy atom. The van der Waals surface area contributed by atoms with E-state index in [4.69, 9.17) is 0 Å². The first-order chi connectivity index (χ1) is 6.74. The molecule has 1 aliphatic rings. The van der Waals surface area contributed by atoms with Gasteiger partial charge in [-0.2, -0.15) is 0 Å². The molecule has 0 aliphatic heterocycles. The van der Waals surface area contributed by atoms with Crippen LogP contribution in [-0.4, -0.2) is 24.8 Å². The van der Waals surface area contributed by atoms with Gasteiger partial charge in [-0.15, -0.1) is 0 Å². The Hall–Kier alpha value is -0.0800. The van der Waals surface area contributed by atoms with Crippen LogP contribution in [0.15, 0.2) is 0 Å². The van der Waals surface area contributed by atoms with Gasteiger partial charge in [-0.05, 0) is 43.7 Å². The van der Waals surface area contributed by atoms with E-state index in [0.29, 0.717) is 18.4 Å². The highest BCUT2D eigenvalue weighted by atomic mass is 16.3. The molecule has 0 spiro atoms. The van der Waals surface area contributed by atoms with Crippen molar-refractivity contribution < 1.29 is 5.11 Å². The summed E-state index contributed by atoms with van der Waals surface area (Å²) in [6, 6.07) is 0. The molecule has 1 fully saturated rings. The third-order valence-electron chi connectivity index (χ3n) is 3.26. The number of aliphatic hydroxyl groups excluding tert-OH is 1. The molecule has 1 saturated carbocycles. The summed E-state index contributed by atoms with van der Waals surface area (Å²) in [5.74, 6) is 2.00. The van der Waals surface area contributed by atoms with Gasteiger partial charge in [0.2, 0.25) is 0 Å². The smallest absolute Gasteiger partial charge is 0.0462 e. The SMILES string of the molecule is CC(C)CNCC1CCCCC1CO. The Balaban J connectivity index is 2.19. The van der Waals surface area contributed by atoms with E-state index < -0.39 is 0 Å². The fourth-order valence-corrected chi connectivity index (χ4v) is 2.35. The van der Waals surface area contributed by atoms with Crippen LogP contribution in [0.5, 0.6) is 0 Å². The molecule has 0 bridgehead atoms. The lowest BCUT2D eigenvalue weighted by atomic mass is 9.79. The normalized spacial score (nSPS) is 28.3. The zero-order valence-electron chi connectivity index (χ0n) is 9.63. The van der Waals surface area contributed by atoms with Crippen LogP contribution in [-0.2, 0) is 0 Å². The van der Waals surface area contributed by atoms with Gasteiger partial charge in [0, 0.05) is 6.61 Å². The van der Waals surface area contributed by atoms with Crippen LogP contribution in [0.25, 0.3) is 0 Å². The number of hydrogen-bond donors (Lipinski definition) is 2. The molecular formula is C12H25NO. The van der Waals surface area contributed by atoms with E-state index in [1.807, 2.05) is 0 Å². The maximum atomic E-state index is 9.24. The molecule has 0 aromatic rings. The van der Waals surface area contributed by atoms with E-state index >= 15 is 0 Å². The Bertz CT molecular complexity index is 147. The Labute approximate surface area is 88.1 Å². The van der Waals surface area contributed by atoms with Crippen LogP contribution in [0.3, 0.4) is 0 Å². The Kier molecular flexibility index (Phi) is 5.49. The maximum absolute atomic E-state index is 9.24. The lowest BCUT2D eigenvalue weighted by Crippen LogP contribution is -2.33. The summed E-state index contributed by atoms with van der Waals surface area (Å²) in [4.78, 5) is 0. The summed E-state index contributed by atoms with van der Waals surface area (Å²) >= 11 is 0. The second-order valence-corrected chi connectivity index (χ2v) is 5.04. The molecule has 1 aliphatic carbocycles. The monoisotopic (exact) mass is 199 g/mol.